The Balaban J connectivity index is 1.45. The number of nitrogens with zero attached hydrogens (tertiary/aromatic N) is 2. The number of H-pyrrole nitrogens is 1. The molecule has 0 aromatic carbocycles. The van der Waals surface area contributed by atoms with E-state index >= 15 is 0 Å². The van der Waals surface area contributed by atoms with Gasteiger partial charge in [0.05, 0.1) is 22.5 Å². The van der Waals surface area contributed by atoms with Crippen LogP contribution in [-0.4, -0.2) is 26.2 Å². The fraction of sp³-hybridized carbons (Fsp3) is 0.231. The van der Waals surface area contributed by atoms with E-state index in [9.17, 15) is 4.79 Å². The van der Waals surface area contributed by atoms with Crippen LogP contribution < -0.4 is 5.32 Å². The summed E-state index contributed by atoms with van der Waals surface area (Å²) < 4.78 is 3.24. The Morgan fingerprint density at radius 2 is 2.50 bits per heavy atom. The molecule has 0 radical (unpaired) electrons. The molecule has 7 heteroatoms. The maximum atomic E-state index is 12.1. The van der Waals surface area contributed by atoms with E-state index < -0.39 is 0 Å². The zero-order valence-electron chi connectivity index (χ0n) is 10.5. The highest BCUT2D eigenvalue weighted by Crippen LogP contribution is 2.24. The molecule has 4 rings (SSSR count). The third-order valence-electron chi connectivity index (χ3n) is 3.27. The number of aromatic nitrogens is 3. The van der Waals surface area contributed by atoms with Gasteiger partial charge >= 0.3 is 0 Å². The molecule has 102 valence electrons. The van der Waals surface area contributed by atoms with Crippen LogP contribution in [0.15, 0.2) is 28.9 Å². The maximum Gasteiger partial charge on any atom is 0.268 e. The summed E-state index contributed by atoms with van der Waals surface area (Å²) in [7, 11) is 0. The zero-order chi connectivity index (χ0) is 13.5. The van der Waals surface area contributed by atoms with Crippen molar-refractivity contribution in [2.24, 2.45) is 0 Å². The lowest BCUT2D eigenvalue weighted by atomic mass is 10.4. The maximum absolute atomic E-state index is 12.1. The average molecular weight is 304 g/mol. The van der Waals surface area contributed by atoms with Gasteiger partial charge in [0.15, 0.2) is 5.16 Å². The number of hydrogen-bond acceptors (Lipinski definition) is 4. The van der Waals surface area contributed by atoms with Gasteiger partial charge in [0.2, 0.25) is 0 Å². The second kappa shape index (κ2) is 4.68. The van der Waals surface area contributed by atoms with E-state index in [1.54, 1.807) is 23.1 Å². The standard InChI is InChI=1S/C13H12N4OS2/c18-12(10-5-11-9(16-10)1-3-19-11)14-6-8-7-17-2-4-20-13(17)15-8/h1,3,5,7,16H,2,4,6H2,(H,14,18). The van der Waals surface area contributed by atoms with Crippen LogP contribution in [-0.2, 0) is 13.1 Å². The zero-order valence-corrected chi connectivity index (χ0v) is 12.2. The highest BCUT2D eigenvalue weighted by atomic mass is 32.2. The summed E-state index contributed by atoms with van der Waals surface area (Å²) in [6.45, 7) is 1.47. The molecular formula is C13H12N4OS2. The van der Waals surface area contributed by atoms with Crippen LogP contribution in [0.2, 0.25) is 0 Å². The van der Waals surface area contributed by atoms with Gasteiger partial charge in [0.1, 0.15) is 5.69 Å². The van der Waals surface area contributed by atoms with E-state index in [0.717, 1.165) is 33.4 Å². The molecule has 0 aliphatic carbocycles. The lowest BCUT2D eigenvalue weighted by Gasteiger charge is -2.01. The fourth-order valence-corrected chi connectivity index (χ4v) is 4.03. The second-order valence-corrected chi connectivity index (χ2v) is 6.63. The number of carbonyl (C=O) groups is 1. The van der Waals surface area contributed by atoms with E-state index in [4.69, 9.17) is 0 Å². The molecule has 0 saturated heterocycles. The van der Waals surface area contributed by atoms with Gasteiger partial charge in [-0.05, 0) is 17.5 Å². The number of thioether (sulfide) groups is 1. The molecular weight excluding hydrogens is 292 g/mol. The van der Waals surface area contributed by atoms with Crippen molar-refractivity contribution in [1.29, 1.82) is 0 Å². The predicted octanol–water partition coefficient (Wildman–Crippen LogP) is 2.46. The third-order valence-corrected chi connectivity index (χ3v) is 5.10. The Morgan fingerprint density at radius 1 is 1.55 bits per heavy atom. The van der Waals surface area contributed by atoms with Crippen molar-refractivity contribution in [3.63, 3.8) is 0 Å². The van der Waals surface area contributed by atoms with Gasteiger partial charge in [-0.1, -0.05) is 11.8 Å². The van der Waals surface area contributed by atoms with Crippen LogP contribution in [0.3, 0.4) is 0 Å². The van der Waals surface area contributed by atoms with E-state index in [-0.39, 0.29) is 5.91 Å². The van der Waals surface area contributed by atoms with Crippen LogP contribution in [0.5, 0.6) is 0 Å². The number of carbonyl (C=O) groups excluding carboxylic acids is 1. The van der Waals surface area contributed by atoms with Crippen LogP contribution in [0, 0.1) is 0 Å². The monoisotopic (exact) mass is 304 g/mol. The predicted molar refractivity (Wildman–Crippen MR) is 80.3 cm³/mol. The first-order chi connectivity index (χ1) is 9.79. The van der Waals surface area contributed by atoms with Crippen LogP contribution in [0.4, 0.5) is 0 Å². The highest BCUT2D eigenvalue weighted by Gasteiger charge is 2.15. The highest BCUT2D eigenvalue weighted by molar-refractivity contribution is 7.99. The molecule has 5 nitrogen and oxygen atoms in total. The molecule has 1 aliphatic heterocycles. The molecule has 4 heterocycles. The number of rotatable bonds is 3. The van der Waals surface area contributed by atoms with Gasteiger partial charge < -0.3 is 14.9 Å². The molecule has 3 aromatic heterocycles. The number of aromatic amines is 1. The van der Waals surface area contributed by atoms with E-state index in [0.29, 0.717) is 12.2 Å². The number of nitrogens with one attached hydrogen (secondary N) is 2. The minimum absolute atomic E-state index is 0.0887. The Kier molecular flexibility index (Phi) is 2.82. The quantitative estimate of drug-likeness (QED) is 0.781. The smallest absolute Gasteiger partial charge is 0.268 e. The molecule has 1 amide bonds. The number of thiophene rings is 1. The number of hydrogen-bond donors (Lipinski definition) is 2. The molecule has 0 atom stereocenters. The minimum atomic E-state index is -0.0887. The second-order valence-electron chi connectivity index (χ2n) is 4.62. The summed E-state index contributed by atoms with van der Waals surface area (Å²) in [5.74, 6) is 1.00. The first-order valence-corrected chi connectivity index (χ1v) is 8.19. The van der Waals surface area contributed by atoms with Crippen molar-refractivity contribution in [2.45, 2.75) is 18.2 Å². The molecule has 1 aliphatic rings. The molecule has 0 fully saturated rings. The van der Waals surface area contributed by atoms with Gasteiger partial charge in [0, 0.05) is 18.5 Å². The van der Waals surface area contributed by atoms with Gasteiger partial charge in [0.25, 0.3) is 5.91 Å². The van der Waals surface area contributed by atoms with Crippen molar-refractivity contribution < 1.29 is 4.79 Å². The molecule has 0 bridgehead atoms. The normalized spacial score (nSPS) is 13.8. The van der Waals surface area contributed by atoms with Crippen molar-refractivity contribution >= 4 is 39.2 Å². The molecule has 0 saturated carbocycles. The van der Waals surface area contributed by atoms with Gasteiger partial charge in [-0.3, -0.25) is 4.79 Å². The first-order valence-electron chi connectivity index (χ1n) is 6.33. The SMILES string of the molecule is O=C(NCc1cn2c(n1)SCC2)c1cc2sccc2[nH]1. The third kappa shape index (κ3) is 2.03. The van der Waals surface area contributed by atoms with Crippen LogP contribution in [0.1, 0.15) is 16.2 Å². The van der Waals surface area contributed by atoms with Crippen LogP contribution in [0.25, 0.3) is 10.2 Å². The summed E-state index contributed by atoms with van der Waals surface area (Å²) in [6.07, 6.45) is 2.02. The molecule has 0 unspecified atom stereocenters. The van der Waals surface area contributed by atoms with Gasteiger partial charge in [-0.2, -0.15) is 0 Å². The average Bonchev–Trinajstić information content (AvgIpc) is 3.13. The first kappa shape index (κ1) is 12.0. The summed E-state index contributed by atoms with van der Waals surface area (Å²) in [5.41, 5.74) is 2.53. The van der Waals surface area contributed by atoms with Gasteiger partial charge in [-0.15, -0.1) is 11.3 Å². The largest absolute Gasteiger partial charge is 0.350 e. The fourth-order valence-electron chi connectivity index (χ4n) is 2.28. The summed E-state index contributed by atoms with van der Waals surface area (Å²) in [4.78, 5) is 19.7. The van der Waals surface area contributed by atoms with Crippen molar-refractivity contribution in [3.05, 3.63) is 35.1 Å². The Labute approximate surface area is 123 Å². The molecule has 2 N–H and O–H groups in total. The summed E-state index contributed by atoms with van der Waals surface area (Å²) >= 11 is 3.38. The number of aryl methyl sites for hydroxylation is 1. The lowest BCUT2D eigenvalue weighted by Crippen LogP contribution is -2.23. The number of imidazole rings is 1. The van der Waals surface area contributed by atoms with E-state index in [2.05, 4.69) is 19.9 Å². The van der Waals surface area contributed by atoms with Crippen molar-refractivity contribution in [1.82, 2.24) is 19.9 Å². The summed E-state index contributed by atoms with van der Waals surface area (Å²) in [5, 5.41) is 5.96. The Bertz CT molecular complexity index is 735. The number of fused-ring (bicyclic) bond motifs is 2. The van der Waals surface area contributed by atoms with Crippen molar-refractivity contribution in [3.8, 4) is 0 Å². The Morgan fingerprint density at radius 3 is 3.35 bits per heavy atom. The molecule has 0 spiro atoms. The lowest BCUT2D eigenvalue weighted by molar-refractivity contribution is 0.0946. The van der Waals surface area contributed by atoms with Crippen molar-refractivity contribution in [2.75, 3.05) is 5.75 Å². The topological polar surface area (TPSA) is 62.7 Å². The minimum Gasteiger partial charge on any atom is -0.350 e. The van der Waals surface area contributed by atoms with E-state index in [1.807, 2.05) is 23.7 Å². The Hall–Kier alpha value is -1.73. The van der Waals surface area contributed by atoms with Crippen LogP contribution >= 0.6 is 23.1 Å². The number of amides is 1. The molecule has 20 heavy (non-hydrogen) atoms. The van der Waals surface area contributed by atoms with E-state index in [1.165, 1.54) is 0 Å². The molecule has 3 aromatic rings. The van der Waals surface area contributed by atoms with Gasteiger partial charge in [-0.25, -0.2) is 4.98 Å². The summed E-state index contributed by atoms with van der Waals surface area (Å²) in [6, 6.07) is 3.87.